The molecule has 0 bridgehead atoms. The molecular formula is C33H37F3N4O4S. The van der Waals surface area contributed by atoms with Gasteiger partial charge in [0, 0.05) is 74.3 Å². The molecule has 2 saturated heterocycles. The van der Waals surface area contributed by atoms with Crippen LogP contribution in [0.3, 0.4) is 0 Å². The van der Waals surface area contributed by atoms with E-state index < -0.39 is 33.5 Å². The van der Waals surface area contributed by atoms with Crippen LogP contribution in [0.5, 0.6) is 0 Å². The van der Waals surface area contributed by atoms with E-state index in [4.69, 9.17) is 4.74 Å². The fourth-order valence-corrected chi connectivity index (χ4v) is 7.17. The Kier molecular flexibility index (Phi) is 8.45. The van der Waals surface area contributed by atoms with E-state index in [0.717, 1.165) is 25.9 Å². The van der Waals surface area contributed by atoms with Crippen LogP contribution in [0.15, 0.2) is 48.7 Å². The smallest absolute Gasteiger partial charge is 0.302 e. The van der Waals surface area contributed by atoms with Crippen molar-refractivity contribution in [2.24, 2.45) is 5.41 Å². The van der Waals surface area contributed by atoms with Gasteiger partial charge in [0.2, 0.25) is 10.0 Å². The number of ether oxygens (including phenoxy) is 1. The van der Waals surface area contributed by atoms with E-state index >= 15 is 4.39 Å². The van der Waals surface area contributed by atoms with Crippen LogP contribution in [-0.4, -0.2) is 63.8 Å². The Balaban J connectivity index is 1.32. The molecular weight excluding hydrogens is 605 g/mol. The van der Waals surface area contributed by atoms with Crippen LogP contribution < -0.4 is 14.5 Å². The summed E-state index contributed by atoms with van der Waals surface area (Å²) in [5.41, 5.74) is 3.59. The highest BCUT2D eigenvalue weighted by Crippen LogP contribution is 2.54. The summed E-state index contributed by atoms with van der Waals surface area (Å²) in [6.07, 6.45) is 7.02. The number of rotatable bonds is 9. The van der Waals surface area contributed by atoms with Crippen molar-refractivity contribution in [2.75, 3.05) is 53.1 Å². The zero-order chi connectivity index (χ0) is 31.8. The lowest BCUT2D eigenvalue weighted by Crippen LogP contribution is -2.39. The van der Waals surface area contributed by atoms with E-state index in [-0.39, 0.29) is 32.5 Å². The average Bonchev–Trinajstić information content (AvgIpc) is 3.75. The van der Waals surface area contributed by atoms with Crippen molar-refractivity contribution >= 4 is 55.9 Å². The number of aromatic nitrogens is 1. The maximum Gasteiger partial charge on any atom is 0.302 e. The maximum atomic E-state index is 16.2. The Labute approximate surface area is 261 Å². The molecule has 2 aliphatic heterocycles. The predicted octanol–water partition coefficient (Wildman–Crippen LogP) is 6.62. The minimum absolute atomic E-state index is 0.145. The van der Waals surface area contributed by atoms with Gasteiger partial charge in [-0.1, -0.05) is 12.1 Å². The number of hydrogen-bond donors (Lipinski definition) is 1. The Bertz CT molecular complexity index is 1720. The molecule has 0 atom stereocenters. The van der Waals surface area contributed by atoms with Crippen molar-refractivity contribution in [3.8, 4) is 0 Å². The standard InChI is InChI=1S/C33H37F3N4O4S/c1-23(41)44-17-18-45(42,43)38-27-5-4-24(29(22-27)39-13-8-32(6-7-32)9-14-39)20-28(34)26-19-25-3-2-12-37-31(25)30(21-26)40-15-10-33(35,36)11-16-40/h2-5,12,19-22,38H,6-11,13-18H2,1H3. The second kappa shape index (κ2) is 12.2. The van der Waals surface area contributed by atoms with Crippen LogP contribution >= 0.6 is 0 Å². The normalized spacial score (nSPS) is 19.5. The number of piperidine rings is 2. The molecule has 6 rings (SSSR count). The number of nitrogens with zero attached hydrogens (tertiary/aromatic N) is 3. The largest absolute Gasteiger partial charge is 0.465 e. The number of nitrogens with one attached hydrogen (secondary N) is 1. The second-order valence-corrected chi connectivity index (χ2v) is 14.3. The van der Waals surface area contributed by atoms with Crippen molar-refractivity contribution < 1.29 is 31.1 Å². The number of pyridine rings is 1. The number of carbonyl (C=O) groups excluding carboxylic acids is 1. The molecule has 3 aliphatic rings. The second-order valence-electron chi connectivity index (χ2n) is 12.4. The fourth-order valence-electron chi connectivity index (χ4n) is 6.27. The van der Waals surface area contributed by atoms with Gasteiger partial charge in [-0.15, -0.1) is 0 Å². The third kappa shape index (κ3) is 7.37. The van der Waals surface area contributed by atoms with Gasteiger partial charge in [0.1, 0.15) is 18.2 Å². The molecule has 0 unspecified atom stereocenters. The van der Waals surface area contributed by atoms with Gasteiger partial charge in [-0.3, -0.25) is 14.5 Å². The molecule has 1 spiro atoms. The number of sulfonamides is 1. The highest BCUT2D eigenvalue weighted by atomic mass is 32.2. The average molecular weight is 643 g/mol. The van der Waals surface area contributed by atoms with Crippen LogP contribution in [0, 0.1) is 5.41 Å². The number of halogens is 3. The van der Waals surface area contributed by atoms with E-state index in [1.807, 2.05) is 11.0 Å². The van der Waals surface area contributed by atoms with Crippen molar-refractivity contribution in [3.05, 3.63) is 59.8 Å². The number of anilines is 3. The zero-order valence-corrected chi connectivity index (χ0v) is 26.0. The highest BCUT2D eigenvalue weighted by molar-refractivity contribution is 7.92. The molecule has 2 aromatic carbocycles. The van der Waals surface area contributed by atoms with Crippen molar-refractivity contribution in [1.29, 1.82) is 0 Å². The van der Waals surface area contributed by atoms with Crippen molar-refractivity contribution in [2.45, 2.75) is 51.4 Å². The van der Waals surface area contributed by atoms with Crippen molar-refractivity contribution in [3.63, 3.8) is 0 Å². The van der Waals surface area contributed by atoms with Gasteiger partial charge in [0.25, 0.3) is 5.92 Å². The summed E-state index contributed by atoms with van der Waals surface area (Å²) in [6, 6.07) is 12.0. The van der Waals surface area contributed by atoms with E-state index in [2.05, 4.69) is 14.6 Å². The lowest BCUT2D eigenvalue weighted by Gasteiger charge is -2.35. The number of esters is 1. The monoisotopic (exact) mass is 642 g/mol. The summed E-state index contributed by atoms with van der Waals surface area (Å²) in [4.78, 5) is 19.6. The Morgan fingerprint density at radius 2 is 1.67 bits per heavy atom. The first-order valence-electron chi connectivity index (χ1n) is 15.3. The number of benzene rings is 2. The van der Waals surface area contributed by atoms with Gasteiger partial charge in [-0.25, -0.2) is 21.6 Å². The third-order valence-corrected chi connectivity index (χ3v) is 10.4. The minimum atomic E-state index is -3.80. The highest BCUT2D eigenvalue weighted by Gasteiger charge is 2.44. The van der Waals surface area contributed by atoms with E-state index in [0.29, 0.717) is 44.5 Å². The molecule has 1 saturated carbocycles. The first kappa shape index (κ1) is 31.2. The summed E-state index contributed by atoms with van der Waals surface area (Å²) in [5.74, 6) is -4.17. The van der Waals surface area contributed by atoms with Gasteiger partial charge in [-0.2, -0.15) is 0 Å². The molecule has 8 nitrogen and oxygen atoms in total. The molecule has 1 aliphatic carbocycles. The molecule has 1 N–H and O–H groups in total. The Morgan fingerprint density at radius 3 is 2.36 bits per heavy atom. The molecule has 0 radical (unpaired) electrons. The summed E-state index contributed by atoms with van der Waals surface area (Å²) in [5, 5.41) is 0.704. The molecule has 3 heterocycles. The van der Waals surface area contributed by atoms with Crippen LogP contribution in [-0.2, 0) is 19.6 Å². The number of carbonyl (C=O) groups is 1. The number of alkyl halides is 2. The van der Waals surface area contributed by atoms with Crippen LogP contribution in [0.1, 0.15) is 56.6 Å². The number of fused-ring (bicyclic) bond motifs is 1. The molecule has 0 amide bonds. The first-order valence-corrected chi connectivity index (χ1v) is 17.0. The topological polar surface area (TPSA) is 91.8 Å². The summed E-state index contributed by atoms with van der Waals surface area (Å²) in [7, 11) is -3.80. The molecule has 45 heavy (non-hydrogen) atoms. The SMILES string of the molecule is CC(=O)OCCS(=O)(=O)Nc1ccc(C=C(F)c2cc(N3CCC(F)(F)CC3)c3ncccc3c2)c(N2CCC3(CC2)CC3)c1. The summed E-state index contributed by atoms with van der Waals surface area (Å²) < 4.78 is 76.8. The van der Waals surface area contributed by atoms with Crippen LogP contribution in [0.2, 0.25) is 0 Å². The quantitative estimate of drug-likeness (QED) is 0.207. The predicted molar refractivity (Wildman–Crippen MR) is 171 cm³/mol. The van der Waals surface area contributed by atoms with E-state index in [1.54, 1.807) is 42.6 Å². The summed E-state index contributed by atoms with van der Waals surface area (Å²) >= 11 is 0. The van der Waals surface area contributed by atoms with Crippen molar-refractivity contribution in [1.82, 2.24) is 4.98 Å². The van der Waals surface area contributed by atoms with Gasteiger partial charge in [0.15, 0.2) is 0 Å². The lowest BCUT2D eigenvalue weighted by atomic mass is 9.93. The molecule has 240 valence electrons. The van der Waals surface area contributed by atoms with Gasteiger partial charge >= 0.3 is 5.97 Å². The Hall–Kier alpha value is -3.80. The van der Waals surface area contributed by atoms with E-state index in [9.17, 15) is 22.0 Å². The van der Waals surface area contributed by atoms with E-state index in [1.165, 1.54) is 25.8 Å². The first-order chi connectivity index (χ1) is 21.4. The molecule has 12 heteroatoms. The van der Waals surface area contributed by atoms with Crippen LogP contribution in [0.25, 0.3) is 22.8 Å². The van der Waals surface area contributed by atoms with Crippen LogP contribution in [0.4, 0.5) is 30.2 Å². The molecule has 3 fully saturated rings. The van der Waals surface area contributed by atoms with Gasteiger partial charge in [-0.05, 0) is 67.5 Å². The zero-order valence-electron chi connectivity index (χ0n) is 25.2. The third-order valence-electron chi connectivity index (χ3n) is 9.16. The lowest BCUT2D eigenvalue weighted by molar-refractivity contribution is -0.140. The molecule has 1 aromatic heterocycles. The minimum Gasteiger partial charge on any atom is -0.465 e. The maximum absolute atomic E-state index is 16.2. The fraction of sp³-hybridized carbons (Fsp3) is 0.455. The van der Waals surface area contributed by atoms with Gasteiger partial charge in [0.05, 0.1) is 16.9 Å². The summed E-state index contributed by atoms with van der Waals surface area (Å²) in [6.45, 7) is 2.79. The number of hydrogen-bond acceptors (Lipinski definition) is 7. The Morgan fingerprint density at radius 1 is 0.978 bits per heavy atom. The van der Waals surface area contributed by atoms with Gasteiger partial charge < -0.3 is 14.5 Å². The molecule has 3 aromatic rings.